The Morgan fingerprint density at radius 3 is 2.00 bits per heavy atom. The third-order valence-corrected chi connectivity index (χ3v) is 6.34. The molecule has 1 rings (SSSR count). The molecule has 6 heteroatoms. The number of rotatable bonds is 16. The minimum atomic E-state index is -4.32. The fourth-order valence-corrected chi connectivity index (χ4v) is 3.47. The molecule has 1 aromatic rings. The Balaban J connectivity index is 0.00000784. The fraction of sp³-hybridized carbons (Fsp3) is 0.739. The van der Waals surface area contributed by atoms with Gasteiger partial charge in [0.25, 0.3) is 0 Å². The smallest absolute Gasteiger partial charge is 0.748 e. The number of benzene rings is 1. The third-order valence-electron chi connectivity index (χ3n) is 5.22. The van der Waals surface area contributed by atoms with Gasteiger partial charge in [-0.15, -0.1) is 0 Å². The van der Waals surface area contributed by atoms with Crippen molar-refractivity contribution in [3.8, 4) is 5.75 Å². The number of hydrogen-bond acceptors (Lipinski definition) is 4. The SMILES string of the molecule is CCCCCCCc1ccc(CCCCCCC)c(OCC(C)S(=O)(=O)[O-])c1.[Na+]. The van der Waals surface area contributed by atoms with Crippen LogP contribution in [0, 0.1) is 0 Å². The molecule has 0 bridgehead atoms. The van der Waals surface area contributed by atoms with Gasteiger partial charge in [-0.05, 0) is 49.8 Å². The Kier molecular flexibility index (Phi) is 16.6. The zero-order valence-corrected chi connectivity index (χ0v) is 21.9. The molecule has 1 aromatic carbocycles. The van der Waals surface area contributed by atoms with Gasteiger partial charge < -0.3 is 9.29 Å². The summed E-state index contributed by atoms with van der Waals surface area (Å²) in [5.74, 6) is 0.747. The summed E-state index contributed by atoms with van der Waals surface area (Å²) in [5.41, 5.74) is 2.33. The van der Waals surface area contributed by atoms with Crippen LogP contribution in [0.4, 0.5) is 0 Å². The van der Waals surface area contributed by atoms with Crippen LogP contribution >= 0.6 is 0 Å². The fourth-order valence-electron chi connectivity index (χ4n) is 3.24. The molecule has 4 nitrogen and oxygen atoms in total. The predicted molar refractivity (Wildman–Crippen MR) is 116 cm³/mol. The first-order valence-electron chi connectivity index (χ1n) is 11.1. The molecule has 1 unspecified atom stereocenters. The van der Waals surface area contributed by atoms with Crippen molar-refractivity contribution in [3.05, 3.63) is 29.3 Å². The van der Waals surface area contributed by atoms with Crippen molar-refractivity contribution in [1.29, 1.82) is 0 Å². The van der Waals surface area contributed by atoms with Crippen molar-refractivity contribution >= 4 is 10.1 Å². The van der Waals surface area contributed by atoms with Crippen molar-refractivity contribution in [2.75, 3.05) is 6.61 Å². The minimum absolute atomic E-state index is 0. The molecule has 0 amide bonds. The van der Waals surface area contributed by atoms with Crippen LogP contribution < -0.4 is 34.3 Å². The van der Waals surface area contributed by atoms with E-state index in [0.717, 1.165) is 37.0 Å². The van der Waals surface area contributed by atoms with Crippen molar-refractivity contribution in [2.45, 2.75) is 103 Å². The molecule has 0 radical (unpaired) electrons. The molecule has 29 heavy (non-hydrogen) atoms. The second kappa shape index (κ2) is 16.6. The average Bonchev–Trinajstić information content (AvgIpc) is 2.66. The normalized spacial score (nSPS) is 12.4. The van der Waals surface area contributed by atoms with E-state index in [1.54, 1.807) is 0 Å². The van der Waals surface area contributed by atoms with E-state index in [1.165, 1.54) is 63.9 Å². The number of unbranched alkanes of at least 4 members (excludes halogenated alkanes) is 8. The second-order valence-corrected chi connectivity index (χ2v) is 9.68. The minimum Gasteiger partial charge on any atom is -0.748 e. The first-order chi connectivity index (χ1) is 13.4. The summed E-state index contributed by atoms with van der Waals surface area (Å²) in [6.45, 7) is 5.74. The quantitative estimate of drug-likeness (QED) is 0.228. The average molecular weight is 435 g/mol. The number of hydrogen-bond donors (Lipinski definition) is 0. The molecule has 0 saturated carbocycles. The molecule has 0 aliphatic heterocycles. The molecule has 0 aliphatic carbocycles. The van der Waals surface area contributed by atoms with E-state index in [2.05, 4.69) is 26.0 Å². The van der Waals surface area contributed by atoms with E-state index in [4.69, 9.17) is 4.74 Å². The Hall–Kier alpha value is -0.0700. The molecular formula is C23H39NaO4S. The van der Waals surface area contributed by atoms with E-state index in [1.807, 2.05) is 6.07 Å². The zero-order chi connectivity index (χ0) is 20.8. The first-order valence-corrected chi connectivity index (χ1v) is 12.5. The van der Waals surface area contributed by atoms with E-state index in [9.17, 15) is 13.0 Å². The standard InChI is InChI=1S/C23H40O4S.Na/c1-4-6-8-10-12-14-21-16-17-22(15-13-11-9-7-5-2)23(18-21)27-19-20(3)28(24,25)26;/h16-18,20H,4-15,19H2,1-3H3,(H,24,25,26);/q;+1/p-1. The maximum absolute atomic E-state index is 11.2. The van der Waals surface area contributed by atoms with Crippen LogP contribution in [-0.2, 0) is 23.0 Å². The molecule has 1 atom stereocenters. The van der Waals surface area contributed by atoms with Crippen LogP contribution in [0.15, 0.2) is 18.2 Å². The second-order valence-electron chi connectivity index (χ2n) is 7.88. The molecule has 0 heterocycles. The largest absolute Gasteiger partial charge is 1.00 e. The molecule has 162 valence electrons. The Labute approximate surface area is 201 Å². The van der Waals surface area contributed by atoms with E-state index < -0.39 is 15.4 Å². The Bertz CT molecular complexity index is 646. The number of aryl methyl sites for hydroxylation is 2. The molecule has 0 fully saturated rings. The molecule has 0 aromatic heterocycles. The van der Waals surface area contributed by atoms with Gasteiger partial charge in [0, 0.05) is 0 Å². The van der Waals surface area contributed by atoms with Crippen molar-refractivity contribution in [2.24, 2.45) is 0 Å². The van der Waals surface area contributed by atoms with E-state index in [-0.39, 0.29) is 36.2 Å². The van der Waals surface area contributed by atoms with Gasteiger partial charge in [0.05, 0.1) is 5.25 Å². The molecule has 0 N–H and O–H groups in total. The van der Waals surface area contributed by atoms with Gasteiger partial charge in [0.1, 0.15) is 22.5 Å². The maximum atomic E-state index is 11.2. The summed E-state index contributed by atoms with van der Waals surface area (Å²) in [6.07, 6.45) is 14.1. The monoisotopic (exact) mass is 434 g/mol. The topological polar surface area (TPSA) is 66.4 Å². The molecule has 0 aliphatic rings. The molecule has 0 spiro atoms. The Morgan fingerprint density at radius 1 is 0.897 bits per heavy atom. The summed E-state index contributed by atoms with van der Waals surface area (Å²) in [7, 11) is -4.32. The van der Waals surface area contributed by atoms with Gasteiger partial charge in [-0.2, -0.15) is 0 Å². The summed E-state index contributed by atoms with van der Waals surface area (Å²) in [4.78, 5) is 0. The van der Waals surface area contributed by atoms with E-state index in [0.29, 0.717) is 0 Å². The van der Waals surface area contributed by atoms with Crippen LogP contribution in [0.2, 0.25) is 0 Å². The van der Waals surface area contributed by atoms with Gasteiger partial charge in [-0.25, -0.2) is 8.42 Å². The third kappa shape index (κ3) is 13.1. The van der Waals surface area contributed by atoms with Crippen LogP contribution in [0.5, 0.6) is 5.75 Å². The van der Waals surface area contributed by atoms with Gasteiger partial charge in [0.2, 0.25) is 0 Å². The van der Waals surface area contributed by atoms with Crippen LogP contribution in [0.1, 0.15) is 96.1 Å². The van der Waals surface area contributed by atoms with Crippen LogP contribution in [-0.4, -0.2) is 24.8 Å². The van der Waals surface area contributed by atoms with E-state index >= 15 is 0 Å². The van der Waals surface area contributed by atoms with Crippen molar-refractivity contribution < 1.29 is 47.3 Å². The van der Waals surface area contributed by atoms with Gasteiger partial charge in [-0.1, -0.05) is 77.3 Å². The predicted octanol–water partition coefficient (Wildman–Crippen LogP) is 3.03. The summed E-state index contributed by atoms with van der Waals surface area (Å²) in [6, 6.07) is 6.33. The summed E-state index contributed by atoms with van der Waals surface area (Å²) < 4.78 is 39.3. The summed E-state index contributed by atoms with van der Waals surface area (Å²) in [5, 5.41) is -1.04. The Morgan fingerprint density at radius 2 is 1.45 bits per heavy atom. The van der Waals surface area contributed by atoms with Crippen molar-refractivity contribution in [1.82, 2.24) is 0 Å². The van der Waals surface area contributed by atoms with Gasteiger partial charge in [-0.3, -0.25) is 0 Å². The zero-order valence-electron chi connectivity index (χ0n) is 19.0. The van der Waals surface area contributed by atoms with Crippen molar-refractivity contribution in [3.63, 3.8) is 0 Å². The van der Waals surface area contributed by atoms with Crippen LogP contribution in [0.25, 0.3) is 0 Å². The van der Waals surface area contributed by atoms with Gasteiger partial charge >= 0.3 is 29.6 Å². The maximum Gasteiger partial charge on any atom is 1.00 e. The molecule has 0 saturated heterocycles. The number of ether oxygens (including phenoxy) is 1. The first kappa shape index (κ1) is 28.9. The summed E-state index contributed by atoms with van der Waals surface area (Å²) >= 11 is 0. The van der Waals surface area contributed by atoms with Gasteiger partial charge in [0.15, 0.2) is 0 Å². The molecular weight excluding hydrogens is 395 g/mol. The van der Waals surface area contributed by atoms with Crippen LogP contribution in [0.3, 0.4) is 0 Å².